The number of ether oxygens (including phenoxy) is 1. The number of imidazole rings is 1. The SMILES string of the molecule is OCCn1c(C2COCCN2)nc2ccccc21. The lowest BCUT2D eigenvalue weighted by atomic mass is 10.2. The minimum absolute atomic E-state index is 0.109. The van der Waals surface area contributed by atoms with Crippen molar-refractivity contribution in [3.63, 3.8) is 0 Å². The van der Waals surface area contributed by atoms with Crippen molar-refractivity contribution in [2.45, 2.75) is 12.6 Å². The maximum Gasteiger partial charge on any atom is 0.129 e. The number of para-hydroxylation sites is 2. The van der Waals surface area contributed by atoms with Gasteiger partial charge < -0.3 is 19.7 Å². The zero-order chi connectivity index (χ0) is 12.4. The van der Waals surface area contributed by atoms with Crippen LogP contribution < -0.4 is 5.32 Å². The Bertz CT molecular complexity index is 532. The summed E-state index contributed by atoms with van der Waals surface area (Å²) >= 11 is 0. The first-order chi connectivity index (χ1) is 8.90. The third kappa shape index (κ3) is 2.01. The van der Waals surface area contributed by atoms with Crippen LogP contribution in [0.25, 0.3) is 11.0 Å². The molecule has 2 N–H and O–H groups in total. The van der Waals surface area contributed by atoms with Gasteiger partial charge in [0.1, 0.15) is 5.82 Å². The number of rotatable bonds is 3. The van der Waals surface area contributed by atoms with E-state index >= 15 is 0 Å². The highest BCUT2D eigenvalue weighted by Gasteiger charge is 2.22. The van der Waals surface area contributed by atoms with Gasteiger partial charge in [-0.2, -0.15) is 0 Å². The Hall–Kier alpha value is -1.43. The van der Waals surface area contributed by atoms with Gasteiger partial charge in [0.2, 0.25) is 0 Å². The van der Waals surface area contributed by atoms with Crippen molar-refractivity contribution in [2.24, 2.45) is 0 Å². The first-order valence-electron chi connectivity index (χ1n) is 6.27. The van der Waals surface area contributed by atoms with Gasteiger partial charge in [-0.25, -0.2) is 4.98 Å². The van der Waals surface area contributed by atoms with Gasteiger partial charge in [0, 0.05) is 13.1 Å². The molecular formula is C13H17N3O2. The van der Waals surface area contributed by atoms with E-state index in [9.17, 15) is 5.11 Å². The summed E-state index contributed by atoms with van der Waals surface area (Å²) in [6.45, 7) is 2.90. The minimum Gasteiger partial charge on any atom is -0.395 e. The molecule has 0 amide bonds. The van der Waals surface area contributed by atoms with Gasteiger partial charge >= 0.3 is 0 Å². The number of fused-ring (bicyclic) bond motifs is 1. The summed E-state index contributed by atoms with van der Waals surface area (Å²) in [5.41, 5.74) is 2.03. The lowest BCUT2D eigenvalue weighted by Gasteiger charge is -2.24. The van der Waals surface area contributed by atoms with Crippen LogP contribution in [0, 0.1) is 0 Å². The Morgan fingerprint density at radius 1 is 1.44 bits per heavy atom. The predicted octanol–water partition coefficient (Wildman–Crippen LogP) is 0.689. The number of benzene rings is 1. The smallest absolute Gasteiger partial charge is 0.129 e. The molecule has 0 saturated carbocycles. The van der Waals surface area contributed by atoms with E-state index in [4.69, 9.17) is 4.74 Å². The molecule has 1 aromatic carbocycles. The predicted molar refractivity (Wildman–Crippen MR) is 68.4 cm³/mol. The molecule has 2 heterocycles. The molecule has 0 bridgehead atoms. The van der Waals surface area contributed by atoms with Gasteiger partial charge in [0.25, 0.3) is 0 Å². The first kappa shape index (κ1) is 11.6. The Kier molecular flexibility index (Phi) is 3.27. The molecule has 96 valence electrons. The summed E-state index contributed by atoms with van der Waals surface area (Å²) in [6, 6.07) is 8.11. The molecular weight excluding hydrogens is 230 g/mol. The minimum atomic E-state index is 0.109. The second kappa shape index (κ2) is 5.06. The number of nitrogens with zero attached hydrogens (tertiary/aromatic N) is 2. The standard InChI is InChI=1S/C13H17N3O2/c17-7-6-16-12-4-2-1-3-10(12)15-13(16)11-9-18-8-5-14-11/h1-4,11,14,17H,5-9H2. The summed E-state index contributed by atoms with van der Waals surface area (Å²) < 4.78 is 7.56. The number of hydrogen-bond acceptors (Lipinski definition) is 4. The Morgan fingerprint density at radius 3 is 3.11 bits per heavy atom. The molecule has 1 aliphatic rings. The molecule has 3 rings (SSSR count). The van der Waals surface area contributed by atoms with E-state index in [0.29, 0.717) is 13.2 Å². The number of aliphatic hydroxyl groups is 1. The topological polar surface area (TPSA) is 59.3 Å². The Morgan fingerprint density at radius 2 is 2.33 bits per heavy atom. The average Bonchev–Trinajstić information content (AvgIpc) is 2.80. The second-order valence-corrected chi connectivity index (χ2v) is 4.42. The van der Waals surface area contributed by atoms with Gasteiger partial charge in [0.15, 0.2) is 0 Å². The maximum absolute atomic E-state index is 9.22. The van der Waals surface area contributed by atoms with E-state index in [0.717, 1.165) is 30.0 Å². The van der Waals surface area contributed by atoms with E-state index < -0.39 is 0 Å². The second-order valence-electron chi connectivity index (χ2n) is 4.42. The Labute approximate surface area is 105 Å². The van der Waals surface area contributed by atoms with Crippen LogP contribution >= 0.6 is 0 Å². The average molecular weight is 247 g/mol. The number of aliphatic hydroxyl groups excluding tert-OH is 1. The normalized spacial score (nSPS) is 20.4. The molecule has 2 aromatic rings. The summed E-state index contributed by atoms with van der Waals surface area (Å²) in [4.78, 5) is 4.66. The molecule has 1 fully saturated rings. The van der Waals surface area contributed by atoms with E-state index in [1.54, 1.807) is 0 Å². The molecule has 5 heteroatoms. The lowest BCUT2D eigenvalue weighted by Crippen LogP contribution is -2.36. The summed E-state index contributed by atoms with van der Waals surface area (Å²) in [7, 11) is 0. The number of morpholine rings is 1. The van der Waals surface area contributed by atoms with Crippen LogP contribution in [0.15, 0.2) is 24.3 Å². The number of aromatic nitrogens is 2. The van der Waals surface area contributed by atoms with Crippen molar-refractivity contribution in [1.29, 1.82) is 0 Å². The van der Waals surface area contributed by atoms with E-state index in [1.165, 1.54) is 0 Å². The quantitative estimate of drug-likeness (QED) is 0.838. The third-order valence-corrected chi connectivity index (χ3v) is 3.24. The first-order valence-corrected chi connectivity index (χ1v) is 6.27. The van der Waals surface area contributed by atoms with Crippen molar-refractivity contribution >= 4 is 11.0 Å². The summed E-state index contributed by atoms with van der Waals surface area (Å²) in [5.74, 6) is 0.949. The van der Waals surface area contributed by atoms with Crippen molar-refractivity contribution < 1.29 is 9.84 Å². The van der Waals surface area contributed by atoms with E-state index in [1.807, 2.05) is 24.3 Å². The van der Waals surface area contributed by atoms with Crippen LogP contribution in [0.2, 0.25) is 0 Å². The molecule has 1 aromatic heterocycles. The third-order valence-electron chi connectivity index (χ3n) is 3.24. The van der Waals surface area contributed by atoms with E-state index in [2.05, 4.69) is 14.9 Å². The fourth-order valence-electron chi connectivity index (χ4n) is 2.43. The van der Waals surface area contributed by atoms with Gasteiger partial charge in [-0.3, -0.25) is 0 Å². The van der Waals surface area contributed by atoms with Gasteiger partial charge in [0.05, 0.1) is 36.9 Å². The van der Waals surface area contributed by atoms with Crippen LogP contribution in [0.1, 0.15) is 11.9 Å². The molecule has 1 atom stereocenters. The van der Waals surface area contributed by atoms with Crippen molar-refractivity contribution in [3.05, 3.63) is 30.1 Å². The zero-order valence-electron chi connectivity index (χ0n) is 10.2. The zero-order valence-corrected chi connectivity index (χ0v) is 10.2. The summed E-state index contributed by atoms with van der Waals surface area (Å²) in [5, 5.41) is 12.6. The number of nitrogens with one attached hydrogen (secondary N) is 1. The van der Waals surface area contributed by atoms with Gasteiger partial charge in [-0.1, -0.05) is 12.1 Å². The monoisotopic (exact) mass is 247 g/mol. The highest BCUT2D eigenvalue weighted by molar-refractivity contribution is 5.76. The largest absolute Gasteiger partial charge is 0.395 e. The van der Waals surface area contributed by atoms with Crippen LogP contribution in [0.4, 0.5) is 0 Å². The van der Waals surface area contributed by atoms with E-state index in [-0.39, 0.29) is 12.6 Å². The molecule has 1 saturated heterocycles. The molecule has 0 aliphatic carbocycles. The number of hydrogen-bond donors (Lipinski definition) is 2. The molecule has 1 unspecified atom stereocenters. The molecule has 18 heavy (non-hydrogen) atoms. The highest BCUT2D eigenvalue weighted by Crippen LogP contribution is 2.22. The lowest BCUT2D eigenvalue weighted by molar-refractivity contribution is 0.0729. The van der Waals surface area contributed by atoms with Crippen molar-refractivity contribution in [3.8, 4) is 0 Å². The Balaban J connectivity index is 2.05. The molecule has 1 aliphatic heterocycles. The molecule has 0 radical (unpaired) electrons. The van der Waals surface area contributed by atoms with Crippen molar-refractivity contribution in [2.75, 3.05) is 26.4 Å². The van der Waals surface area contributed by atoms with Crippen LogP contribution in [-0.2, 0) is 11.3 Å². The van der Waals surface area contributed by atoms with Crippen molar-refractivity contribution in [1.82, 2.24) is 14.9 Å². The maximum atomic E-state index is 9.22. The fourth-order valence-corrected chi connectivity index (χ4v) is 2.43. The van der Waals surface area contributed by atoms with Gasteiger partial charge in [-0.15, -0.1) is 0 Å². The fraction of sp³-hybridized carbons (Fsp3) is 0.462. The molecule has 5 nitrogen and oxygen atoms in total. The molecule has 0 spiro atoms. The van der Waals surface area contributed by atoms with Crippen LogP contribution in [0.3, 0.4) is 0 Å². The highest BCUT2D eigenvalue weighted by atomic mass is 16.5. The van der Waals surface area contributed by atoms with Crippen LogP contribution in [-0.4, -0.2) is 41.0 Å². The van der Waals surface area contributed by atoms with Gasteiger partial charge in [-0.05, 0) is 12.1 Å². The van der Waals surface area contributed by atoms with Crippen LogP contribution in [0.5, 0.6) is 0 Å². The summed E-state index contributed by atoms with van der Waals surface area (Å²) in [6.07, 6.45) is 0.